The number of aromatic nitrogens is 2. The van der Waals surface area contributed by atoms with E-state index in [0.717, 1.165) is 6.42 Å². The first kappa shape index (κ1) is 16.0. The molecule has 0 aliphatic rings. The van der Waals surface area contributed by atoms with E-state index in [1.54, 1.807) is 14.2 Å². The van der Waals surface area contributed by atoms with E-state index in [0.29, 0.717) is 30.4 Å². The van der Waals surface area contributed by atoms with Crippen LogP contribution in [-0.4, -0.2) is 42.6 Å². The van der Waals surface area contributed by atoms with Crippen molar-refractivity contribution in [3.63, 3.8) is 0 Å². The Morgan fingerprint density at radius 2 is 2.10 bits per heavy atom. The lowest BCUT2D eigenvalue weighted by Gasteiger charge is -2.14. The van der Waals surface area contributed by atoms with Gasteiger partial charge in [-0.25, -0.2) is 9.97 Å². The third-order valence-electron chi connectivity index (χ3n) is 2.91. The number of carbonyl (C=O) groups is 1. The van der Waals surface area contributed by atoms with Crippen molar-refractivity contribution in [2.24, 2.45) is 0 Å². The topological polar surface area (TPSA) is 88.2 Å². The number of nitrogens with zero attached hydrogens (tertiary/aromatic N) is 2. The number of hydrogen-bond donors (Lipinski definition) is 3. The van der Waals surface area contributed by atoms with Crippen LogP contribution in [0.5, 0.6) is 5.75 Å². The van der Waals surface area contributed by atoms with Gasteiger partial charge in [0.2, 0.25) is 11.7 Å². The first-order valence-electron chi connectivity index (χ1n) is 6.72. The standard InChI is InChI=1S/C13H23N5O2/c1-5-9(2)18-10(19)6-7-15-13-11(20-4)12(14-3)16-8-17-13/h8-9H,5-7H2,1-4H3,(H,18,19)(H2,14,15,16,17). The van der Waals surface area contributed by atoms with Gasteiger partial charge in [0, 0.05) is 26.1 Å². The highest BCUT2D eigenvalue weighted by atomic mass is 16.5. The molecule has 0 fully saturated rings. The summed E-state index contributed by atoms with van der Waals surface area (Å²) >= 11 is 0. The van der Waals surface area contributed by atoms with E-state index in [9.17, 15) is 4.79 Å². The average Bonchev–Trinajstić information content (AvgIpc) is 2.46. The minimum absolute atomic E-state index is 0.0220. The predicted octanol–water partition coefficient (Wildman–Crippen LogP) is 1.24. The quantitative estimate of drug-likeness (QED) is 0.664. The van der Waals surface area contributed by atoms with Gasteiger partial charge in [-0.05, 0) is 13.3 Å². The molecular formula is C13H23N5O2. The summed E-state index contributed by atoms with van der Waals surface area (Å²) in [6.07, 6.45) is 2.74. The zero-order valence-corrected chi connectivity index (χ0v) is 12.5. The summed E-state index contributed by atoms with van der Waals surface area (Å²) in [4.78, 5) is 19.8. The Labute approximate surface area is 119 Å². The minimum Gasteiger partial charge on any atom is -0.490 e. The zero-order chi connectivity index (χ0) is 15.0. The first-order valence-corrected chi connectivity index (χ1v) is 6.72. The second-order valence-corrected chi connectivity index (χ2v) is 4.41. The van der Waals surface area contributed by atoms with Crippen molar-refractivity contribution in [3.8, 4) is 5.75 Å². The molecule has 1 rings (SSSR count). The van der Waals surface area contributed by atoms with E-state index in [4.69, 9.17) is 4.74 Å². The van der Waals surface area contributed by atoms with E-state index in [-0.39, 0.29) is 11.9 Å². The molecule has 20 heavy (non-hydrogen) atoms. The van der Waals surface area contributed by atoms with Crippen molar-refractivity contribution in [2.45, 2.75) is 32.7 Å². The largest absolute Gasteiger partial charge is 0.490 e. The highest BCUT2D eigenvalue weighted by molar-refractivity contribution is 5.76. The van der Waals surface area contributed by atoms with Crippen LogP contribution in [0.4, 0.5) is 11.6 Å². The second-order valence-electron chi connectivity index (χ2n) is 4.41. The van der Waals surface area contributed by atoms with Crippen molar-refractivity contribution < 1.29 is 9.53 Å². The van der Waals surface area contributed by atoms with Crippen molar-refractivity contribution >= 4 is 17.5 Å². The van der Waals surface area contributed by atoms with Gasteiger partial charge in [0.05, 0.1) is 7.11 Å². The molecule has 0 spiro atoms. The lowest BCUT2D eigenvalue weighted by Crippen LogP contribution is -2.33. The molecule has 1 unspecified atom stereocenters. The van der Waals surface area contributed by atoms with Gasteiger partial charge in [0.25, 0.3) is 0 Å². The molecule has 0 saturated carbocycles. The van der Waals surface area contributed by atoms with Crippen LogP contribution in [-0.2, 0) is 4.79 Å². The van der Waals surface area contributed by atoms with Crippen molar-refractivity contribution in [3.05, 3.63) is 6.33 Å². The summed E-state index contributed by atoms with van der Waals surface area (Å²) < 4.78 is 5.26. The fourth-order valence-electron chi connectivity index (χ4n) is 1.61. The molecule has 0 aromatic carbocycles. The van der Waals surface area contributed by atoms with Gasteiger partial charge in [-0.3, -0.25) is 4.79 Å². The first-order chi connectivity index (χ1) is 9.62. The van der Waals surface area contributed by atoms with Crippen LogP contribution in [0.25, 0.3) is 0 Å². The number of methoxy groups -OCH3 is 1. The maximum atomic E-state index is 11.7. The number of ether oxygens (including phenoxy) is 1. The maximum absolute atomic E-state index is 11.7. The van der Waals surface area contributed by atoms with Gasteiger partial charge in [0.1, 0.15) is 6.33 Å². The summed E-state index contributed by atoms with van der Waals surface area (Å²) in [6, 6.07) is 0.201. The minimum atomic E-state index is 0.0220. The summed E-state index contributed by atoms with van der Waals surface area (Å²) in [5.74, 6) is 1.74. The van der Waals surface area contributed by atoms with Crippen molar-refractivity contribution in [1.82, 2.24) is 15.3 Å². The van der Waals surface area contributed by atoms with Gasteiger partial charge >= 0.3 is 0 Å². The molecule has 1 atom stereocenters. The molecular weight excluding hydrogens is 258 g/mol. The summed E-state index contributed by atoms with van der Waals surface area (Å²) in [7, 11) is 3.31. The fraction of sp³-hybridized carbons (Fsp3) is 0.615. The van der Waals surface area contributed by atoms with Crippen molar-refractivity contribution in [2.75, 3.05) is 31.3 Å². The molecule has 7 heteroatoms. The van der Waals surface area contributed by atoms with Crippen LogP contribution in [0, 0.1) is 0 Å². The molecule has 112 valence electrons. The Bertz CT molecular complexity index is 439. The normalized spacial score (nSPS) is 11.6. The second kappa shape index (κ2) is 8.19. The van der Waals surface area contributed by atoms with Gasteiger partial charge in [-0.2, -0.15) is 0 Å². The summed E-state index contributed by atoms with van der Waals surface area (Å²) in [5.41, 5.74) is 0. The van der Waals surface area contributed by atoms with Crippen LogP contribution in [0.15, 0.2) is 6.33 Å². The molecule has 1 aromatic heterocycles. The predicted molar refractivity (Wildman–Crippen MR) is 79.1 cm³/mol. The lowest BCUT2D eigenvalue weighted by molar-refractivity contribution is -0.121. The van der Waals surface area contributed by atoms with E-state index in [2.05, 4.69) is 25.9 Å². The molecule has 1 aromatic rings. The number of carbonyl (C=O) groups excluding carboxylic acids is 1. The monoisotopic (exact) mass is 281 g/mol. The number of nitrogens with one attached hydrogen (secondary N) is 3. The van der Waals surface area contributed by atoms with E-state index >= 15 is 0 Å². The summed E-state index contributed by atoms with van der Waals surface area (Å²) in [5, 5.41) is 8.92. The number of rotatable bonds is 8. The Morgan fingerprint density at radius 1 is 1.40 bits per heavy atom. The highest BCUT2D eigenvalue weighted by Crippen LogP contribution is 2.28. The number of amides is 1. The lowest BCUT2D eigenvalue weighted by atomic mass is 10.2. The molecule has 0 bridgehead atoms. The number of hydrogen-bond acceptors (Lipinski definition) is 6. The fourth-order valence-corrected chi connectivity index (χ4v) is 1.61. The number of anilines is 2. The third kappa shape index (κ3) is 4.56. The van der Waals surface area contributed by atoms with Gasteiger partial charge in [-0.1, -0.05) is 6.92 Å². The maximum Gasteiger partial charge on any atom is 0.221 e. The van der Waals surface area contributed by atoms with Gasteiger partial charge < -0.3 is 20.7 Å². The van der Waals surface area contributed by atoms with E-state index in [1.807, 2.05) is 13.8 Å². The van der Waals surface area contributed by atoms with E-state index in [1.165, 1.54) is 6.33 Å². The zero-order valence-electron chi connectivity index (χ0n) is 12.5. The van der Waals surface area contributed by atoms with Crippen LogP contribution in [0.1, 0.15) is 26.7 Å². The smallest absolute Gasteiger partial charge is 0.221 e. The third-order valence-corrected chi connectivity index (χ3v) is 2.91. The van der Waals surface area contributed by atoms with Crippen LogP contribution >= 0.6 is 0 Å². The molecule has 0 aliphatic carbocycles. The molecule has 7 nitrogen and oxygen atoms in total. The Kier molecular flexibility index (Phi) is 6.55. The molecule has 1 amide bonds. The Hall–Kier alpha value is -2.05. The Morgan fingerprint density at radius 3 is 2.70 bits per heavy atom. The molecule has 0 aliphatic heterocycles. The van der Waals surface area contributed by atoms with Crippen molar-refractivity contribution in [1.29, 1.82) is 0 Å². The highest BCUT2D eigenvalue weighted by Gasteiger charge is 2.11. The molecule has 0 saturated heterocycles. The van der Waals surface area contributed by atoms with Crippen LogP contribution in [0.2, 0.25) is 0 Å². The molecule has 0 radical (unpaired) electrons. The van der Waals surface area contributed by atoms with Gasteiger partial charge in [-0.15, -0.1) is 0 Å². The van der Waals surface area contributed by atoms with Gasteiger partial charge in [0.15, 0.2) is 11.6 Å². The SMILES string of the molecule is CCC(C)NC(=O)CCNc1ncnc(NC)c1OC. The summed E-state index contributed by atoms with van der Waals surface area (Å²) in [6.45, 7) is 4.50. The molecule has 3 N–H and O–H groups in total. The Balaban J connectivity index is 2.52. The van der Waals surface area contributed by atoms with E-state index < -0.39 is 0 Å². The van der Waals surface area contributed by atoms with Crippen LogP contribution in [0.3, 0.4) is 0 Å². The molecule has 1 heterocycles. The average molecular weight is 281 g/mol. The van der Waals surface area contributed by atoms with Crippen LogP contribution < -0.4 is 20.7 Å².